The fraction of sp³-hybridized carbons (Fsp3) is 0.778. The number of phosphoric acid groups is 4. The van der Waals surface area contributed by atoms with E-state index in [4.69, 9.17) is 9.47 Å². The van der Waals surface area contributed by atoms with Crippen LogP contribution in [-0.4, -0.2) is 139 Å². The standard InChI is InChI=1S/C18H30N4O23P4.4Na/c23-9-1-3-21(17(29)19-9)15-13(27)11(25)7(41-15)5-39-46(31,32)43-48(35,36)45-49(37,38)44-47(33,34)40-6-8-12(26)14(28)16(42-8)22-4-2-10(24)20-18(22)30;;;;/h7-8,11-16,25-28H,1-6H2,(H,31,32)(H,33,34)(H,35,36)(H,37,38)(H,19,23,29)(H,20,24,30);;;;/q;4*+1/p-4/t7-,8-,11-,12-,13-,14-,15-,16-;;;;/m1..../s1. The molecule has 27 nitrogen and oxygen atoms in total. The van der Waals surface area contributed by atoms with Gasteiger partial charge in [0.05, 0.1) is 13.2 Å². The van der Waals surface area contributed by atoms with Gasteiger partial charge in [-0.2, -0.15) is 4.31 Å². The van der Waals surface area contributed by atoms with Crippen LogP contribution in [0.3, 0.4) is 0 Å². The van der Waals surface area contributed by atoms with Gasteiger partial charge in [0, 0.05) is 13.1 Å². The van der Waals surface area contributed by atoms with Crippen LogP contribution in [0.4, 0.5) is 9.59 Å². The van der Waals surface area contributed by atoms with Crippen LogP contribution in [0.25, 0.3) is 0 Å². The normalized spacial score (nSPS) is 33.3. The minimum atomic E-state index is -6.32. The molecule has 0 bridgehead atoms. The Balaban J connectivity index is 0.00000676. The minimum Gasteiger partial charge on any atom is -0.862 e. The van der Waals surface area contributed by atoms with E-state index in [0.29, 0.717) is 0 Å². The van der Waals surface area contributed by atoms with Gasteiger partial charge in [0.25, 0.3) is 15.6 Å². The maximum atomic E-state index is 12.1. The molecule has 4 rings (SSSR count). The van der Waals surface area contributed by atoms with Gasteiger partial charge in [-0.05, 0) is 24.6 Å². The van der Waals surface area contributed by atoms with E-state index in [1.165, 1.54) is 0 Å². The first kappa shape index (κ1) is 55.2. The molecule has 2 saturated heterocycles. The molecule has 0 aromatic carbocycles. The summed E-state index contributed by atoms with van der Waals surface area (Å²) in [7, 11) is -24.8. The number of aliphatic hydroxyl groups excluding tert-OH is 4. The van der Waals surface area contributed by atoms with Crippen LogP contribution >= 0.6 is 31.3 Å². The number of hydrogen-bond donors (Lipinski definition) is 6. The maximum Gasteiger partial charge on any atom is 1.00 e. The van der Waals surface area contributed by atoms with Crippen molar-refractivity contribution in [2.45, 2.75) is 61.9 Å². The van der Waals surface area contributed by atoms with Crippen molar-refractivity contribution in [2.75, 3.05) is 26.3 Å². The molecule has 0 radical (unpaired) electrons. The molecule has 0 spiro atoms. The van der Waals surface area contributed by atoms with Crippen molar-refractivity contribution in [2.24, 2.45) is 9.98 Å². The average molecular weight is 882 g/mol. The molecule has 0 aromatic heterocycles. The zero-order valence-electron chi connectivity index (χ0n) is 28.1. The van der Waals surface area contributed by atoms with Crippen molar-refractivity contribution in [1.29, 1.82) is 0 Å². The monoisotopic (exact) mass is 882 g/mol. The Hall–Kier alpha value is 2.20. The fourth-order valence-electron chi connectivity index (χ4n) is 4.59. The van der Waals surface area contributed by atoms with Gasteiger partial charge in [0.15, 0.2) is 12.5 Å². The predicted molar refractivity (Wildman–Crippen MR) is 140 cm³/mol. The van der Waals surface area contributed by atoms with Crippen molar-refractivity contribution in [3.63, 3.8) is 0 Å². The van der Waals surface area contributed by atoms with Crippen molar-refractivity contribution in [1.82, 2.24) is 9.80 Å². The summed E-state index contributed by atoms with van der Waals surface area (Å²) in [4.78, 5) is 75.2. The number of phosphoric ester groups is 2. The third kappa shape index (κ3) is 15.3. The van der Waals surface area contributed by atoms with Crippen molar-refractivity contribution in [3.05, 3.63) is 0 Å². The molecule has 0 saturated carbocycles. The van der Waals surface area contributed by atoms with Gasteiger partial charge >= 0.3 is 146 Å². The van der Waals surface area contributed by atoms with E-state index in [1.54, 1.807) is 0 Å². The summed E-state index contributed by atoms with van der Waals surface area (Å²) in [5.41, 5.74) is 0. The molecule has 12 atom stereocenters. The molecule has 2 fully saturated rings. The predicted octanol–water partition coefficient (Wildman–Crippen LogP) is -17.7. The zero-order chi connectivity index (χ0) is 36.7. The number of hydrogen-bond acceptors (Lipinski definition) is 21. The molecule has 280 valence electrons. The molecule has 4 aliphatic heterocycles. The maximum absolute atomic E-state index is 12.1. The summed E-state index contributed by atoms with van der Waals surface area (Å²) in [6.07, 6.45) is -14.9. The number of amides is 4. The van der Waals surface area contributed by atoms with Crippen LogP contribution in [0.5, 0.6) is 0 Å². The second kappa shape index (κ2) is 22.2. The van der Waals surface area contributed by atoms with Gasteiger partial charge in [-0.25, -0.2) is 37.3 Å². The summed E-state index contributed by atoms with van der Waals surface area (Å²) < 4.78 is 78.4. The average Bonchev–Trinajstić information content (AvgIpc) is 3.38. The van der Waals surface area contributed by atoms with E-state index < -0.39 is 117 Å². The Kier molecular flexibility index (Phi) is 23.1. The Morgan fingerprint density at radius 3 is 1.26 bits per heavy atom. The Labute approximate surface area is 386 Å². The first-order chi connectivity index (χ1) is 22.5. The van der Waals surface area contributed by atoms with Crippen LogP contribution < -0.4 is 138 Å². The van der Waals surface area contributed by atoms with E-state index in [2.05, 4.69) is 32.0 Å². The Morgan fingerprint density at radius 2 is 0.962 bits per heavy atom. The van der Waals surface area contributed by atoms with E-state index in [9.17, 15) is 78.1 Å². The Bertz CT molecular complexity index is 1450. The summed E-state index contributed by atoms with van der Waals surface area (Å²) in [6, 6.07) is -2.26. The number of carbonyl (C=O) groups is 2. The van der Waals surface area contributed by atoms with E-state index in [-0.39, 0.29) is 144 Å². The fourth-order valence-corrected chi connectivity index (χ4v) is 9.46. The van der Waals surface area contributed by atoms with Crippen LogP contribution in [0, 0.1) is 0 Å². The third-order valence-corrected chi connectivity index (χ3v) is 12.6. The number of carbonyl (C=O) groups excluding carboxylic acids is 2. The number of nitrogens with zero attached hydrogens (tertiary/aromatic N) is 4. The van der Waals surface area contributed by atoms with Gasteiger partial charge < -0.3 is 68.7 Å². The summed E-state index contributed by atoms with van der Waals surface area (Å²) >= 11 is 0. The number of urea groups is 2. The summed E-state index contributed by atoms with van der Waals surface area (Å²) in [6.45, 7) is -3.12. The SMILES string of the molecule is O=C1N=C([O-])CCN1[C@@H]1O[C@H](COP(=O)([O-])OP(=O)(O)OP(=O)(O)OP(=O)([O-])OC[C@H]2O[C@@H](N3CCC([O-])=NC3=O)[C@H](O)[C@@H]2O)[C@@H](O)[C@H]1O.[Na+].[Na+].[Na+].[Na+]. The number of aliphatic hydroxyl groups is 4. The van der Waals surface area contributed by atoms with Crippen LogP contribution in [0.2, 0.25) is 0 Å². The summed E-state index contributed by atoms with van der Waals surface area (Å²) in [5.74, 6) is -1.53. The molecule has 4 unspecified atom stereocenters. The van der Waals surface area contributed by atoms with E-state index in [1.807, 2.05) is 0 Å². The van der Waals surface area contributed by atoms with E-state index in [0.717, 1.165) is 9.80 Å². The van der Waals surface area contributed by atoms with Crippen LogP contribution in [0.1, 0.15) is 12.8 Å². The molecule has 4 heterocycles. The van der Waals surface area contributed by atoms with Gasteiger partial charge in [-0.1, -0.05) is 0 Å². The molecule has 6 N–H and O–H groups in total. The zero-order valence-corrected chi connectivity index (χ0v) is 39.6. The van der Waals surface area contributed by atoms with Crippen molar-refractivity contribution < 1.29 is 228 Å². The van der Waals surface area contributed by atoms with Crippen molar-refractivity contribution in [3.8, 4) is 0 Å². The largest absolute Gasteiger partial charge is 1.00 e. The summed E-state index contributed by atoms with van der Waals surface area (Å²) in [5, 5.41) is 63.2. The number of ether oxygens (including phenoxy) is 2. The molecule has 0 aliphatic carbocycles. The van der Waals surface area contributed by atoms with Gasteiger partial charge in [-0.3, -0.25) is 18.9 Å². The van der Waals surface area contributed by atoms with Crippen molar-refractivity contribution >= 4 is 55.1 Å². The molecular formula is C18H26N4Na4O23P4. The molecule has 53 heavy (non-hydrogen) atoms. The number of aliphatic imine (C=N–C) groups is 2. The van der Waals surface area contributed by atoms with Gasteiger partial charge in [0.1, 0.15) is 36.6 Å². The quantitative estimate of drug-likeness (QED) is 0.0697. The number of rotatable bonds is 14. The first-order valence-electron chi connectivity index (χ1n) is 13.3. The van der Waals surface area contributed by atoms with Gasteiger partial charge in [-0.15, -0.1) is 0 Å². The molecule has 4 amide bonds. The van der Waals surface area contributed by atoms with Crippen LogP contribution in [-0.2, 0) is 49.7 Å². The molecule has 35 heteroatoms. The second-order valence-corrected chi connectivity index (χ2v) is 16.4. The van der Waals surface area contributed by atoms with E-state index >= 15 is 0 Å². The smallest absolute Gasteiger partial charge is 0.862 e. The Morgan fingerprint density at radius 1 is 0.642 bits per heavy atom. The molecule has 4 aliphatic rings. The third-order valence-electron chi connectivity index (χ3n) is 6.76. The first-order valence-corrected chi connectivity index (χ1v) is 19.3. The minimum absolute atomic E-state index is 0. The molecular weight excluding hydrogens is 856 g/mol. The van der Waals surface area contributed by atoms with Crippen LogP contribution in [0.15, 0.2) is 9.98 Å². The topological polar surface area (TPSA) is 412 Å². The second-order valence-electron chi connectivity index (χ2n) is 10.2. The van der Waals surface area contributed by atoms with Gasteiger partial charge in [0.2, 0.25) is 0 Å². The molecule has 0 aromatic rings.